The first-order chi connectivity index (χ1) is 14.1. The minimum Gasteiger partial charge on any atom is -0.457 e. The number of ether oxygens (including phenoxy) is 1. The monoisotopic (exact) mass is 383 g/mol. The number of allylic oxidation sites excluding steroid dienone is 1. The molecule has 3 aromatic rings. The van der Waals surface area contributed by atoms with Crippen LogP contribution in [0.15, 0.2) is 83.9 Å². The number of fused-ring (bicyclic) bond motifs is 1. The molecule has 1 aliphatic rings. The fourth-order valence-electron chi connectivity index (χ4n) is 3.49. The molecule has 0 atom stereocenters. The lowest BCUT2D eigenvalue weighted by molar-refractivity contribution is 0.100. The third kappa shape index (κ3) is 4.04. The zero-order valence-electron chi connectivity index (χ0n) is 15.8. The van der Waals surface area contributed by atoms with Crippen LogP contribution >= 0.6 is 0 Å². The molecule has 29 heavy (non-hydrogen) atoms. The molecule has 5 nitrogen and oxygen atoms in total. The number of aryl methyl sites for hydroxylation is 1. The van der Waals surface area contributed by atoms with Gasteiger partial charge in [0.15, 0.2) is 5.96 Å². The van der Waals surface area contributed by atoms with E-state index in [2.05, 4.69) is 11.1 Å². The summed E-state index contributed by atoms with van der Waals surface area (Å²) in [4.78, 5) is 16.0. The van der Waals surface area contributed by atoms with E-state index >= 15 is 0 Å². The average molecular weight is 383 g/mol. The molecule has 0 aromatic heterocycles. The Bertz CT molecular complexity index is 1110. The molecule has 0 heterocycles. The fraction of sp³-hybridized carbons (Fsp3) is 0.0833. The Kier molecular flexibility index (Phi) is 5.12. The molecule has 0 radical (unpaired) electrons. The molecular weight excluding hydrogens is 362 g/mol. The lowest BCUT2D eigenvalue weighted by atomic mass is 9.85. The molecule has 5 heteroatoms. The molecule has 0 fully saturated rings. The van der Waals surface area contributed by atoms with Crippen LogP contribution in [0.3, 0.4) is 0 Å². The molecule has 4 rings (SSSR count). The molecule has 1 amide bonds. The van der Waals surface area contributed by atoms with Crippen LogP contribution in [0.2, 0.25) is 0 Å². The number of aliphatic imine (C=N–C) groups is 1. The minimum absolute atomic E-state index is 0.245. The number of rotatable bonds is 4. The van der Waals surface area contributed by atoms with Gasteiger partial charge in [-0.2, -0.15) is 4.99 Å². The molecule has 1 aliphatic carbocycles. The van der Waals surface area contributed by atoms with E-state index in [0.717, 1.165) is 41.0 Å². The summed E-state index contributed by atoms with van der Waals surface area (Å²) in [7, 11) is 0. The van der Waals surface area contributed by atoms with Crippen LogP contribution in [-0.2, 0) is 6.42 Å². The van der Waals surface area contributed by atoms with Gasteiger partial charge >= 0.3 is 0 Å². The highest BCUT2D eigenvalue weighted by atomic mass is 16.5. The number of guanidine groups is 1. The first-order valence-corrected chi connectivity index (χ1v) is 9.41. The highest BCUT2D eigenvalue weighted by Crippen LogP contribution is 2.38. The molecule has 0 saturated carbocycles. The topological polar surface area (TPSA) is 90.7 Å². The van der Waals surface area contributed by atoms with Crippen molar-refractivity contribution >= 4 is 17.4 Å². The Labute approximate surface area is 169 Å². The molecule has 0 bridgehead atoms. The summed E-state index contributed by atoms with van der Waals surface area (Å²) < 4.78 is 6.15. The number of carbonyl (C=O) groups is 1. The predicted molar refractivity (Wildman–Crippen MR) is 115 cm³/mol. The number of nitrogens with zero attached hydrogens (tertiary/aromatic N) is 1. The number of carbonyl (C=O) groups excluding carboxylic acids is 1. The Morgan fingerprint density at radius 2 is 1.66 bits per heavy atom. The van der Waals surface area contributed by atoms with E-state index < -0.39 is 5.91 Å². The second-order valence-corrected chi connectivity index (χ2v) is 6.78. The fourth-order valence-corrected chi connectivity index (χ4v) is 3.49. The third-order valence-corrected chi connectivity index (χ3v) is 4.79. The Morgan fingerprint density at radius 3 is 2.45 bits per heavy atom. The lowest BCUT2D eigenvalue weighted by Crippen LogP contribution is -2.24. The van der Waals surface area contributed by atoms with Gasteiger partial charge in [-0.15, -0.1) is 0 Å². The zero-order chi connectivity index (χ0) is 20.2. The summed E-state index contributed by atoms with van der Waals surface area (Å²) in [6, 6.07) is 23.2. The second kappa shape index (κ2) is 8.02. The largest absolute Gasteiger partial charge is 0.457 e. The van der Waals surface area contributed by atoms with Gasteiger partial charge in [-0.25, -0.2) is 0 Å². The predicted octanol–water partition coefficient (Wildman–Crippen LogP) is 4.27. The Balaban J connectivity index is 1.76. The Morgan fingerprint density at radius 1 is 0.897 bits per heavy atom. The standard InChI is InChI=1S/C24H21N3O2/c25-24(26)27-23(28)17-14-13-16-7-6-11-19(21(16)15-17)20-10-4-5-12-22(20)29-18-8-2-1-3-9-18/h1-5,8-15H,6-7H2,(H4,25,26,27,28). The lowest BCUT2D eigenvalue weighted by Gasteiger charge is -2.21. The van der Waals surface area contributed by atoms with Crippen molar-refractivity contribution in [1.29, 1.82) is 0 Å². The van der Waals surface area contributed by atoms with Gasteiger partial charge in [0.05, 0.1) is 0 Å². The summed E-state index contributed by atoms with van der Waals surface area (Å²) in [5, 5.41) is 0. The van der Waals surface area contributed by atoms with Crippen molar-refractivity contribution in [3.05, 3.63) is 101 Å². The summed E-state index contributed by atoms with van der Waals surface area (Å²) in [5.41, 5.74) is 15.4. The van der Waals surface area contributed by atoms with Gasteiger partial charge in [0, 0.05) is 11.1 Å². The highest BCUT2D eigenvalue weighted by molar-refractivity contribution is 6.03. The van der Waals surface area contributed by atoms with Crippen LogP contribution in [0.25, 0.3) is 5.57 Å². The summed E-state index contributed by atoms with van der Waals surface area (Å²) in [6.45, 7) is 0. The molecule has 3 aromatic carbocycles. The van der Waals surface area contributed by atoms with Crippen molar-refractivity contribution in [2.24, 2.45) is 16.5 Å². The maximum Gasteiger partial charge on any atom is 0.280 e. The smallest absolute Gasteiger partial charge is 0.280 e. The maximum atomic E-state index is 12.3. The first kappa shape index (κ1) is 18.5. The van der Waals surface area contributed by atoms with Crippen molar-refractivity contribution in [1.82, 2.24) is 0 Å². The summed E-state index contributed by atoms with van der Waals surface area (Å²) in [5.74, 6) is 0.837. The van der Waals surface area contributed by atoms with Crippen LogP contribution < -0.4 is 16.2 Å². The second-order valence-electron chi connectivity index (χ2n) is 6.78. The minimum atomic E-state index is -0.452. The van der Waals surface area contributed by atoms with Gasteiger partial charge in [0.1, 0.15) is 11.5 Å². The van der Waals surface area contributed by atoms with E-state index in [-0.39, 0.29) is 5.96 Å². The number of nitrogens with two attached hydrogens (primary N) is 2. The van der Waals surface area contributed by atoms with Gasteiger partial charge in [-0.1, -0.05) is 48.5 Å². The summed E-state index contributed by atoms with van der Waals surface area (Å²) >= 11 is 0. The van der Waals surface area contributed by atoms with Crippen LogP contribution in [0, 0.1) is 0 Å². The molecule has 144 valence electrons. The maximum absolute atomic E-state index is 12.3. The van der Waals surface area contributed by atoms with E-state index in [4.69, 9.17) is 16.2 Å². The van der Waals surface area contributed by atoms with E-state index in [0.29, 0.717) is 5.56 Å². The van der Waals surface area contributed by atoms with Gasteiger partial charge in [-0.3, -0.25) is 4.79 Å². The van der Waals surface area contributed by atoms with E-state index in [1.54, 1.807) is 6.07 Å². The normalized spacial score (nSPS) is 12.5. The zero-order valence-corrected chi connectivity index (χ0v) is 15.8. The number of hydrogen-bond acceptors (Lipinski definition) is 2. The van der Waals surface area contributed by atoms with Crippen LogP contribution in [0.1, 0.15) is 33.5 Å². The number of hydrogen-bond donors (Lipinski definition) is 2. The summed E-state index contributed by atoms with van der Waals surface area (Å²) in [6.07, 6.45) is 4.02. The van der Waals surface area contributed by atoms with Crippen LogP contribution in [0.4, 0.5) is 0 Å². The molecule has 0 spiro atoms. The van der Waals surface area contributed by atoms with Crippen molar-refractivity contribution in [2.75, 3.05) is 0 Å². The number of benzene rings is 3. The van der Waals surface area contributed by atoms with E-state index in [1.807, 2.05) is 66.7 Å². The molecular formula is C24H21N3O2. The van der Waals surface area contributed by atoms with Gasteiger partial charge in [-0.05, 0) is 59.9 Å². The SMILES string of the molecule is NC(N)=NC(=O)c1ccc2c(c1)C(c1ccccc1Oc1ccccc1)=CCC2. The molecule has 0 unspecified atom stereocenters. The van der Waals surface area contributed by atoms with Crippen molar-refractivity contribution in [3.63, 3.8) is 0 Å². The quantitative estimate of drug-likeness (QED) is 0.520. The number of amides is 1. The average Bonchev–Trinajstić information content (AvgIpc) is 2.74. The first-order valence-electron chi connectivity index (χ1n) is 9.41. The molecule has 0 saturated heterocycles. The van der Waals surface area contributed by atoms with Gasteiger partial charge < -0.3 is 16.2 Å². The molecule has 4 N–H and O–H groups in total. The number of para-hydroxylation sites is 2. The van der Waals surface area contributed by atoms with Gasteiger partial charge in [0.2, 0.25) is 0 Å². The van der Waals surface area contributed by atoms with Crippen molar-refractivity contribution in [3.8, 4) is 11.5 Å². The van der Waals surface area contributed by atoms with Crippen molar-refractivity contribution in [2.45, 2.75) is 12.8 Å². The van der Waals surface area contributed by atoms with E-state index in [9.17, 15) is 4.79 Å². The van der Waals surface area contributed by atoms with Crippen LogP contribution in [-0.4, -0.2) is 11.9 Å². The molecule has 0 aliphatic heterocycles. The highest BCUT2D eigenvalue weighted by Gasteiger charge is 2.19. The van der Waals surface area contributed by atoms with Crippen molar-refractivity contribution < 1.29 is 9.53 Å². The third-order valence-electron chi connectivity index (χ3n) is 4.79. The van der Waals surface area contributed by atoms with E-state index in [1.165, 1.54) is 5.56 Å². The van der Waals surface area contributed by atoms with Crippen LogP contribution in [0.5, 0.6) is 11.5 Å². The van der Waals surface area contributed by atoms with Gasteiger partial charge in [0.25, 0.3) is 5.91 Å². The Hall–Kier alpha value is -3.86.